The maximum Gasteiger partial charge on any atom is 0.145 e. The third-order valence-corrected chi connectivity index (χ3v) is 2.66. The first-order valence-corrected chi connectivity index (χ1v) is 5.22. The first kappa shape index (κ1) is 10.7. The minimum absolute atomic E-state index is 0.156. The average molecular weight is 219 g/mol. The third kappa shape index (κ3) is 1.78. The van der Waals surface area contributed by atoms with Crippen LogP contribution in [0.5, 0.6) is 0 Å². The Morgan fingerprint density at radius 2 is 2.12 bits per heavy atom. The molecule has 0 aliphatic rings. The molecule has 0 radical (unpaired) electrons. The van der Waals surface area contributed by atoms with Gasteiger partial charge in [0.15, 0.2) is 0 Å². The summed E-state index contributed by atoms with van der Waals surface area (Å²) in [6.45, 7) is 3.80. The van der Waals surface area contributed by atoms with Gasteiger partial charge < -0.3 is 5.73 Å². The minimum atomic E-state index is -0.156. The van der Waals surface area contributed by atoms with Crippen LogP contribution in [-0.2, 0) is 6.42 Å². The van der Waals surface area contributed by atoms with E-state index in [1.165, 1.54) is 0 Å². The van der Waals surface area contributed by atoms with Gasteiger partial charge >= 0.3 is 0 Å². The van der Waals surface area contributed by atoms with Crippen LogP contribution in [0, 0.1) is 12.7 Å². The number of benzene rings is 1. The fourth-order valence-corrected chi connectivity index (χ4v) is 1.75. The number of aryl methyl sites for hydroxylation is 2. The predicted molar refractivity (Wildman–Crippen MR) is 62.5 cm³/mol. The van der Waals surface area contributed by atoms with Crippen LogP contribution >= 0.6 is 0 Å². The molecule has 0 aliphatic heterocycles. The van der Waals surface area contributed by atoms with E-state index in [1.807, 2.05) is 19.9 Å². The monoisotopic (exact) mass is 219 g/mol. The molecular weight excluding hydrogens is 205 g/mol. The highest BCUT2D eigenvalue weighted by atomic mass is 19.1. The molecule has 0 saturated carbocycles. The van der Waals surface area contributed by atoms with Crippen molar-refractivity contribution in [2.45, 2.75) is 20.3 Å². The standard InChI is InChI=1S/C12H14FN3/c1-3-8-5-9(7(2)4-10(8)13)11-6-12(14)16-15-11/h4-6H,3H2,1-2H3,(H3,14,15,16). The molecule has 1 aromatic carbocycles. The summed E-state index contributed by atoms with van der Waals surface area (Å²) in [7, 11) is 0. The molecule has 0 aliphatic carbocycles. The smallest absolute Gasteiger partial charge is 0.145 e. The largest absolute Gasteiger partial charge is 0.382 e. The fraction of sp³-hybridized carbons (Fsp3) is 0.250. The molecule has 0 bridgehead atoms. The second kappa shape index (κ2) is 3.96. The molecule has 3 N–H and O–H groups in total. The van der Waals surface area contributed by atoms with Crippen LogP contribution < -0.4 is 5.73 Å². The molecule has 0 atom stereocenters. The van der Waals surface area contributed by atoms with Gasteiger partial charge in [-0.2, -0.15) is 5.10 Å². The van der Waals surface area contributed by atoms with Gasteiger partial charge in [0.25, 0.3) is 0 Å². The minimum Gasteiger partial charge on any atom is -0.382 e. The van der Waals surface area contributed by atoms with Crippen molar-refractivity contribution in [3.63, 3.8) is 0 Å². The summed E-state index contributed by atoms with van der Waals surface area (Å²) < 4.78 is 13.5. The van der Waals surface area contributed by atoms with Crippen LogP contribution in [0.1, 0.15) is 18.1 Å². The number of halogens is 1. The Labute approximate surface area is 93.5 Å². The summed E-state index contributed by atoms with van der Waals surface area (Å²) in [6, 6.07) is 5.14. The number of aromatic amines is 1. The van der Waals surface area contributed by atoms with Gasteiger partial charge in [-0.25, -0.2) is 4.39 Å². The van der Waals surface area contributed by atoms with Gasteiger partial charge in [-0.15, -0.1) is 0 Å². The number of nitrogens with zero attached hydrogens (tertiary/aromatic N) is 1. The predicted octanol–water partition coefficient (Wildman–Crippen LogP) is 2.67. The van der Waals surface area contributed by atoms with Crippen molar-refractivity contribution in [1.29, 1.82) is 0 Å². The maximum absolute atomic E-state index is 13.5. The van der Waals surface area contributed by atoms with E-state index in [1.54, 1.807) is 12.1 Å². The summed E-state index contributed by atoms with van der Waals surface area (Å²) in [5.74, 6) is 0.285. The summed E-state index contributed by atoms with van der Waals surface area (Å²) >= 11 is 0. The van der Waals surface area contributed by atoms with E-state index >= 15 is 0 Å². The normalized spacial score (nSPS) is 10.7. The first-order valence-electron chi connectivity index (χ1n) is 5.22. The number of nitrogens with one attached hydrogen (secondary N) is 1. The molecule has 4 heteroatoms. The summed E-state index contributed by atoms with van der Waals surface area (Å²) in [5.41, 5.74) is 8.90. The van der Waals surface area contributed by atoms with Crippen LogP contribution in [0.25, 0.3) is 11.3 Å². The number of hydrogen-bond acceptors (Lipinski definition) is 2. The van der Waals surface area contributed by atoms with Crippen LogP contribution in [0.3, 0.4) is 0 Å². The molecule has 0 saturated heterocycles. The number of aromatic nitrogens is 2. The van der Waals surface area contributed by atoms with E-state index in [0.717, 1.165) is 16.8 Å². The highest BCUT2D eigenvalue weighted by molar-refractivity contribution is 5.66. The summed E-state index contributed by atoms with van der Waals surface area (Å²) in [4.78, 5) is 0. The number of nitrogen functional groups attached to an aromatic ring is 1. The highest BCUT2D eigenvalue weighted by Gasteiger charge is 2.09. The number of anilines is 1. The zero-order chi connectivity index (χ0) is 11.7. The lowest BCUT2D eigenvalue weighted by atomic mass is 10.0. The van der Waals surface area contributed by atoms with Crippen LogP contribution in [0.4, 0.5) is 10.2 Å². The fourth-order valence-electron chi connectivity index (χ4n) is 1.75. The lowest BCUT2D eigenvalue weighted by Gasteiger charge is -2.07. The molecule has 0 fully saturated rings. The van der Waals surface area contributed by atoms with Gasteiger partial charge in [-0.1, -0.05) is 6.92 Å². The SMILES string of the molecule is CCc1cc(-c2cc(N)n[nH]2)c(C)cc1F. The number of hydrogen-bond donors (Lipinski definition) is 2. The summed E-state index contributed by atoms with van der Waals surface area (Å²) in [5, 5.41) is 6.71. The number of rotatable bonds is 2. The maximum atomic E-state index is 13.5. The van der Waals surface area contributed by atoms with Crippen molar-refractivity contribution >= 4 is 5.82 Å². The molecule has 1 heterocycles. The summed E-state index contributed by atoms with van der Waals surface area (Å²) in [6.07, 6.45) is 0.669. The molecule has 84 valence electrons. The molecular formula is C12H14FN3. The van der Waals surface area contributed by atoms with Crippen LogP contribution in [0.15, 0.2) is 18.2 Å². The van der Waals surface area contributed by atoms with Crippen LogP contribution in [0.2, 0.25) is 0 Å². The molecule has 2 aromatic rings. The van der Waals surface area contributed by atoms with Gasteiger partial charge in [0.1, 0.15) is 11.6 Å². The Bertz CT molecular complexity index is 517. The van der Waals surface area contributed by atoms with Crippen molar-refractivity contribution in [3.8, 4) is 11.3 Å². The third-order valence-electron chi connectivity index (χ3n) is 2.66. The van der Waals surface area contributed by atoms with Gasteiger partial charge in [-0.05, 0) is 36.6 Å². The molecule has 0 unspecified atom stereocenters. The Balaban J connectivity index is 2.56. The lowest BCUT2D eigenvalue weighted by Crippen LogP contribution is -1.93. The van der Waals surface area contributed by atoms with Crippen molar-refractivity contribution in [3.05, 3.63) is 35.1 Å². The zero-order valence-corrected chi connectivity index (χ0v) is 9.34. The van der Waals surface area contributed by atoms with Gasteiger partial charge in [0, 0.05) is 11.6 Å². The number of nitrogens with two attached hydrogens (primary N) is 1. The van der Waals surface area contributed by atoms with Gasteiger partial charge in [-0.3, -0.25) is 5.10 Å². The van der Waals surface area contributed by atoms with Crippen molar-refractivity contribution in [1.82, 2.24) is 10.2 Å². The molecule has 0 amide bonds. The van der Waals surface area contributed by atoms with E-state index in [9.17, 15) is 4.39 Å². The average Bonchev–Trinajstić information content (AvgIpc) is 2.65. The van der Waals surface area contributed by atoms with E-state index < -0.39 is 0 Å². The first-order chi connectivity index (χ1) is 7.61. The number of H-pyrrole nitrogens is 1. The Morgan fingerprint density at radius 3 is 2.69 bits per heavy atom. The second-order valence-electron chi connectivity index (χ2n) is 3.82. The molecule has 0 spiro atoms. The topological polar surface area (TPSA) is 54.7 Å². The Morgan fingerprint density at radius 1 is 1.38 bits per heavy atom. The van der Waals surface area contributed by atoms with Crippen molar-refractivity contribution in [2.24, 2.45) is 0 Å². The Hall–Kier alpha value is -1.84. The Kier molecular flexibility index (Phi) is 2.64. The lowest BCUT2D eigenvalue weighted by molar-refractivity contribution is 0.611. The second-order valence-corrected chi connectivity index (χ2v) is 3.82. The van der Waals surface area contributed by atoms with Gasteiger partial charge in [0.2, 0.25) is 0 Å². The van der Waals surface area contributed by atoms with Crippen LogP contribution in [-0.4, -0.2) is 10.2 Å². The van der Waals surface area contributed by atoms with Crippen molar-refractivity contribution < 1.29 is 4.39 Å². The molecule has 2 rings (SSSR count). The van der Waals surface area contributed by atoms with E-state index in [2.05, 4.69) is 10.2 Å². The van der Waals surface area contributed by atoms with E-state index in [4.69, 9.17) is 5.73 Å². The van der Waals surface area contributed by atoms with E-state index in [0.29, 0.717) is 17.8 Å². The quantitative estimate of drug-likeness (QED) is 0.815. The molecule has 16 heavy (non-hydrogen) atoms. The zero-order valence-electron chi connectivity index (χ0n) is 9.34. The van der Waals surface area contributed by atoms with Crippen molar-refractivity contribution in [2.75, 3.05) is 5.73 Å². The highest BCUT2D eigenvalue weighted by Crippen LogP contribution is 2.25. The molecule has 1 aromatic heterocycles. The molecule has 3 nitrogen and oxygen atoms in total. The van der Waals surface area contributed by atoms with Gasteiger partial charge in [0.05, 0.1) is 5.69 Å². The van der Waals surface area contributed by atoms with E-state index in [-0.39, 0.29) is 5.82 Å².